The molecule has 0 aromatic carbocycles. The third kappa shape index (κ3) is 3.45. The van der Waals surface area contributed by atoms with Crippen molar-refractivity contribution in [2.45, 2.75) is 78.0 Å². The van der Waals surface area contributed by atoms with Crippen LogP contribution >= 0.6 is 0 Å². The van der Waals surface area contributed by atoms with Gasteiger partial charge in [-0.3, -0.25) is 4.90 Å². The number of aliphatic hydroxyl groups is 1. The van der Waals surface area contributed by atoms with Crippen molar-refractivity contribution in [1.82, 2.24) is 4.90 Å². The highest BCUT2D eigenvalue weighted by Gasteiger charge is 2.39. The number of hydrogen-bond donors (Lipinski definition) is 1. The van der Waals surface area contributed by atoms with Crippen LogP contribution in [0.5, 0.6) is 0 Å². The normalized spacial score (nSPS) is 33.4. The van der Waals surface area contributed by atoms with Gasteiger partial charge in [0.05, 0.1) is 6.10 Å². The van der Waals surface area contributed by atoms with Gasteiger partial charge in [0.1, 0.15) is 0 Å². The van der Waals surface area contributed by atoms with E-state index in [2.05, 4.69) is 32.6 Å². The summed E-state index contributed by atoms with van der Waals surface area (Å²) in [6, 6.07) is 0.948. The molecular formula is C15H29NO. The van der Waals surface area contributed by atoms with Crippen molar-refractivity contribution in [1.29, 1.82) is 0 Å². The van der Waals surface area contributed by atoms with Gasteiger partial charge in [0, 0.05) is 18.6 Å². The Hall–Kier alpha value is -0.0800. The molecule has 17 heavy (non-hydrogen) atoms. The van der Waals surface area contributed by atoms with Crippen molar-refractivity contribution in [3.05, 3.63) is 0 Å². The SMILES string of the molecule is CC(C)N(CC1CC1)C1CC(C)(C)CCC1O. The molecule has 2 saturated carbocycles. The highest BCUT2D eigenvalue weighted by atomic mass is 16.3. The van der Waals surface area contributed by atoms with E-state index < -0.39 is 0 Å². The van der Waals surface area contributed by atoms with Crippen molar-refractivity contribution in [2.75, 3.05) is 6.54 Å². The predicted octanol–water partition coefficient (Wildman–Crippen LogP) is 3.05. The highest BCUT2D eigenvalue weighted by molar-refractivity contribution is 4.93. The van der Waals surface area contributed by atoms with Crippen molar-refractivity contribution >= 4 is 0 Å². The predicted molar refractivity (Wildman–Crippen MR) is 72.0 cm³/mol. The number of aliphatic hydroxyl groups excluding tert-OH is 1. The molecule has 0 spiro atoms. The van der Waals surface area contributed by atoms with Crippen LogP contribution in [-0.2, 0) is 0 Å². The van der Waals surface area contributed by atoms with E-state index in [1.165, 1.54) is 25.8 Å². The van der Waals surface area contributed by atoms with Crippen LogP contribution in [0.15, 0.2) is 0 Å². The smallest absolute Gasteiger partial charge is 0.0695 e. The van der Waals surface area contributed by atoms with E-state index in [9.17, 15) is 5.11 Å². The molecule has 100 valence electrons. The fourth-order valence-corrected chi connectivity index (χ4v) is 3.20. The van der Waals surface area contributed by atoms with Gasteiger partial charge >= 0.3 is 0 Å². The zero-order valence-electron chi connectivity index (χ0n) is 11.9. The Labute approximate surface area is 106 Å². The molecule has 2 aliphatic carbocycles. The van der Waals surface area contributed by atoms with Crippen molar-refractivity contribution < 1.29 is 5.11 Å². The monoisotopic (exact) mass is 239 g/mol. The standard InChI is InChI=1S/C15H29NO/c1-11(2)16(10-12-5-6-12)13-9-15(3,4)8-7-14(13)17/h11-14,17H,5-10H2,1-4H3. The molecule has 0 bridgehead atoms. The van der Waals surface area contributed by atoms with Crippen molar-refractivity contribution in [3.63, 3.8) is 0 Å². The van der Waals surface area contributed by atoms with Gasteiger partial charge in [-0.15, -0.1) is 0 Å². The molecule has 0 aromatic rings. The van der Waals surface area contributed by atoms with Crippen LogP contribution in [0, 0.1) is 11.3 Å². The Balaban J connectivity index is 2.03. The van der Waals surface area contributed by atoms with Crippen LogP contribution in [0.2, 0.25) is 0 Å². The summed E-state index contributed by atoms with van der Waals surface area (Å²) in [6.45, 7) is 10.5. The Bertz CT molecular complexity index is 258. The molecule has 0 aromatic heterocycles. The average Bonchev–Trinajstić information content (AvgIpc) is 3.02. The molecule has 0 heterocycles. The summed E-state index contributed by atoms with van der Waals surface area (Å²) in [6.07, 6.45) is 5.99. The largest absolute Gasteiger partial charge is 0.391 e. The summed E-state index contributed by atoms with van der Waals surface area (Å²) in [4.78, 5) is 2.57. The lowest BCUT2D eigenvalue weighted by Gasteiger charge is -2.45. The lowest BCUT2D eigenvalue weighted by atomic mass is 9.73. The van der Waals surface area contributed by atoms with Crippen LogP contribution in [0.4, 0.5) is 0 Å². The van der Waals surface area contributed by atoms with Gasteiger partial charge in [-0.1, -0.05) is 13.8 Å². The maximum Gasteiger partial charge on any atom is 0.0695 e. The quantitative estimate of drug-likeness (QED) is 0.815. The molecule has 2 rings (SSSR count). The Morgan fingerprint density at radius 2 is 1.88 bits per heavy atom. The number of rotatable bonds is 4. The lowest BCUT2D eigenvalue weighted by Crippen LogP contribution is -2.52. The number of hydrogen-bond acceptors (Lipinski definition) is 2. The molecule has 2 unspecified atom stereocenters. The molecule has 0 radical (unpaired) electrons. The van der Waals surface area contributed by atoms with Crippen LogP contribution in [0.3, 0.4) is 0 Å². The van der Waals surface area contributed by atoms with Gasteiger partial charge < -0.3 is 5.11 Å². The molecular weight excluding hydrogens is 210 g/mol. The summed E-state index contributed by atoms with van der Waals surface area (Å²) in [5, 5.41) is 10.3. The maximum atomic E-state index is 10.3. The Morgan fingerprint density at radius 3 is 2.41 bits per heavy atom. The minimum absolute atomic E-state index is 0.107. The summed E-state index contributed by atoms with van der Waals surface area (Å²) in [5.74, 6) is 0.912. The summed E-state index contributed by atoms with van der Waals surface area (Å²) >= 11 is 0. The Morgan fingerprint density at radius 1 is 1.24 bits per heavy atom. The molecule has 1 N–H and O–H groups in total. The third-order valence-corrected chi connectivity index (χ3v) is 4.58. The van der Waals surface area contributed by atoms with E-state index in [0.717, 1.165) is 18.8 Å². The molecule has 2 nitrogen and oxygen atoms in total. The van der Waals surface area contributed by atoms with Gasteiger partial charge in [-0.2, -0.15) is 0 Å². The van der Waals surface area contributed by atoms with Gasteiger partial charge in [0.25, 0.3) is 0 Å². The van der Waals surface area contributed by atoms with E-state index in [4.69, 9.17) is 0 Å². The second kappa shape index (κ2) is 4.89. The third-order valence-electron chi connectivity index (χ3n) is 4.58. The van der Waals surface area contributed by atoms with E-state index in [-0.39, 0.29) is 6.10 Å². The first kappa shape index (κ1) is 13.4. The second-order valence-corrected chi connectivity index (χ2v) is 7.28. The fraction of sp³-hybridized carbons (Fsp3) is 1.00. The van der Waals surface area contributed by atoms with Crippen LogP contribution in [0.1, 0.15) is 59.8 Å². The molecule has 2 aliphatic rings. The van der Waals surface area contributed by atoms with Crippen molar-refractivity contribution in [2.24, 2.45) is 11.3 Å². The zero-order valence-corrected chi connectivity index (χ0v) is 11.9. The highest BCUT2D eigenvalue weighted by Crippen LogP contribution is 2.39. The van der Waals surface area contributed by atoms with Gasteiger partial charge in [0.15, 0.2) is 0 Å². The molecule has 2 heteroatoms. The molecule has 0 amide bonds. The van der Waals surface area contributed by atoms with Crippen LogP contribution < -0.4 is 0 Å². The zero-order chi connectivity index (χ0) is 12.6. The van der Waals surface area contributed by atoms with E-state index in [1.807, 2.05) is 0 Å². The summed E-state index contributed by atoms with van der Waals surface area (Å²) in [5.41, 5.74) is 0.403. The van der Waals surface area contributed by atoms with Gasteiger partial charge in [0.2, 0.25) is 0 Å². The first-order valence-corrected chi connectivity index (χ1v) is 7.33. The molecule has 2 fully saturated rings. The first-order valence-electron chi connectivity index (χ1n) is 7.33. The number of nitrogens with zero attached hydrogens (tertiary/aromatic N) is 1. The summed E-state index contributed by atoms with van der Waals surface area (Å²) < 4.78 is 0. The van der Waals surface area contributed by atoms with E-state index in [1.54, 1.807) is 0 Å². The van der Waals surface area contributed by atoms with Gasteiger partial charge in [-0.25, -0.2) is 0 Å². The lowest BCUT2D eigenvalue weighted by molar-refractivity contribution is -0.0309. The van der Waals surface area contributed by atoms with Crippen molar-refractivity contribution in [3.8, 4) is 0 Å². The minimum atomic E-state index is -0.107. The van der Waals surface area contributed by atoms with Crippen LogP contribution in [-0.4, -0.2) is 34.7 Å². The topological polar surface area (TPSA) is 23.5 Å². The van der Waals surface area contributed by atoms with E-state index in [0.29, 0.717) is 17.5 Å². The average molecular weight is 239 g/mol. The molecule has 0 aliphatic heterocycles. The Kier molecular flexibility index (Phi) is 3.84. The van der Waals surface area contributed by atoms with Gasteiger partial charge in [-0.05, 0) is 57.3 Å². The molecule has 0 saturated heterocycles. The second-order valence-electron chi connectivity index (χ2n) is 7.28. The summed E-state index contributed by atoms with van der Waals surface area (Å²) in [7, 11) is 0. The fourth-order valence-electron chi connectivity index (χ4n) is 3.20. The maximum absolute atomic E-state index is 10.3. The van der Waals surface area contributed by atoms with Crippen LogP contribution in [0.25, 0.3) is 0 Å². The first-order chi connectivity index (χ1) is 7.89. The molecule has 2 atom stereocenters. The minimum Gasteiger partial charge on any atom is -0.391 e. The van der Waals surface area contributed by atoms with E-state index >= 15 is 0 Å².